The summed E-state index contributed by atoms with van der Waals surface area (Å²) < 4.78 is 0. The van der Waals surface area contributed by atoms with Crippen LogP contribution in [-0.4, -0.2) is 21.0 Å². The molecule has 4 nitrogen and oxygen atoms in total. The van der Waals surface area contributed by atoms with Crippen LogP contribution < -0.4 is 5.73 Å². The van der Waals surface area contributed by atoms with Crippen molar-refractivity contribution in [3.63, 3.8) is 0 Å². The van der Waals surface area contributed by atoms with Crippen LogP contribution in [0.3, 0.4) is 0 Å². The van der Waals surface area contributed by atoms with Gasteiger partial charge in [-0.3, -0.25) is 0 Å². The van der Waals surface area contributed by atoms with Crippen LogP contribution >= 0.6 is 12.4 Å². The lowest BCUT2D eigenvalue weighted by atomic mass is 10.4. The fourth-order valence-electron chi connectivity index (χ4n) is 0.595. The van der Waals surface area contributed by atoms with Crippen molar-refractivity contribution in [2.24, 2.45) is 5.73 Å². The summed E-state index contributed by atoms with van der Waals surface area (Å²) >= 11 is 0. The molecule has 1 heterocycles. The van der Waals surface area contributed by atoms with Crippen LogP contribution in [0.5, 0.6) is 0 Å². The smallest absolute Gasteiger partial charge is 0.0755 e. The summed E-state index contributed by atoms with van der Waals surface area (Å²) in [5, 5.41) is 7.76. The lowest BCUT2D eigenvalue weighted by molar-refractivity contribution is 0.482. The second-order valence-corrected chi connectivity index (χ2v) is 2.06. The number of halogens is 1. The molecule has 0 radical (unpaired) electrons. The van der Waals surface area contributed by atoms with Gasteiger partial charge in [0.15, 0.2) is 0 Å². The highest BCUT2D eigenvalue weighted by molar-refractivity contribution is 5.85. The van der Waals surface area contributed by atoms with E-state index in [4.69, 9.17) is 5.73 Å². The molecule has 0 saturated carbocycles. The lowest BCUT2D eigenvalue weighted by Gasteiger charge is -2.01. The molecule has 0 bridgehead atoms. The second kappa shape index (κ2) is 4.24. The molecule has 10 heavy (non-hydrogen) atoms. The average molecular weight is 163 g/mol. The highest BCUT2D eigenvalue weighted by Crippen LogP contribution is 1.81. The Labute approximate surface area is 65.8 Å². The minimum absolute atomic E-state index is 0. The quantitative estimate of drug-likeness (QED) is 0.669. The maximum Gasteiger partial charge on any atom is 0.0755 e. The third-order valence-electron chi connectivity index (χ3n) is 0.918. The predicted molar refractivity (Wildman–Crippen MR) is 40.9 cm³/mol. The van der Waals surface area contributed by atoms with Gasteiger partial charge in [0.25, 0.3) is 0 Å². The maximum atomic E-state index is 5.48. The van der Waals surface area contributed by atoms with Gasteiger partial charge in [-0.25, -0.2) is 0 Å². The molecule has 0 unspecified atom stereocenters. The van der Waals surface area contributed by atoms with Crippen LogP contribution in [0.4, 0.5) is 0 Å². The highest BCUT2D eigenvalue weighted by Gasteiger charge is 1.94. The third kappa shape index (κ3) is 2.80. The molecule has 0 spiro atoms. The Morgan fingerprint density at radius 3 is 2.40 bits per heavy atom. The van der Waals surface area contributed by atoms with E-state index in [1.54, 1.807) is 17.2 Å². The topological polar surface area (TPSA) is 56.7 Å². The Balaban J connectivity index is 0.000000810. The van der Waals surface area contributed by atoms with Crippen molar-refractivity contribution in [2.75, 3.05) is 0 Å². The van der Waals surface area contributed by atoms with Gasteiger partial charge in [-0.15, -0.1) is 12.4 Å². The van der Waals surface area contributed by atoms with Gasteiger partial charge in [0.2, 0.25) is 0 Å². The van der Waals surface area contributed by atoms with Crippen molar-refractivity contribution < 1.29 is 0 Å². The number of nitrogens with two attached hydrogens (primary N) is 1. The normalized spacial score (nSPS) is 12.2. The summed E-state index contributed by atoms with van der Waals surface area (Å²) in [6.07, 6.45) is 3.28. The zero-order chi connectivity index (χ0) is 6.69. The number of nitrogens with zero attached hydrogens (tertiary/aromatic N) is 3. The van der Waals surface area contributed by atoms with E-state index in [-0.39, 0.29) is 18.4 Å². The van der Waals surface area contributed by atoms with Crippen LogP contribution in [-0.2, 0) is 6.54 Å². The molecule has 0 aliphatic heterocycles. The molecule has 0 aromatic carbocycles. The van der Waals surface area contributed by atoms with Crippen LogP contribution in [0, 0.1) is 0 Å². The molecule has 1 aromatic heterocycles. The van der Waals surface area contributed by atoms with E-state index in [1.807, 2.05) is 6.92 Å². The first-order valence-corrected chi connectivity index (χ1v) is 2.88. The molecule has 0 aliphatic rings. The maximum absolute atomic E-state index is 5.48. The summed E-state index contributed by atoms with van der Waals surface area (Å²) in [6, 6.07) is 0.123. The molecule has 0 fully saturated rings. The molecule has 0 amide bonds. The van der Waals surface area contributed by atoms with Crippen LogP contribution in [0.15, 0.2) is 12.4 Å². The van der Waals surface area contributed by atoms with Gasteiger partial charge < -0.3 is 5.73 Å². The van der Waals surface area contributed by atoms with Crippen molar-refractivity contribution >= 4 is 12.4 Å². The lowest BCUT2D eigenvalue weighted by Crippen LogP contribution is -2.23. The monoisotopic (exact) mass is 162 g/mol. The van der Waals surface area contributed by atoms with Gasteiger partial charge in [0, 0.05) is 6.04 Å². The minimum Gasteiger partial charge on any atom is -0.326 e. The molecule has 58 valence electrons. The molecule has 1 aromatic rings. The second-order valence-electron chi connectivity index (χ2n) is 2.06. The highest BCUT2D eigenvalue weighted by atomic mass is 35.5. The Bertz CT molecular complexity index is 160. The van der Waals surface area contributed by atoms with Gasteiger partial charge >= 0.3 is 0 Å². The van der Waals surface area contributed by atoms with Crippen molar-refractivity contribution in [1.29, 1.82) is 0 Å². The van der Waals surface area contributed by atoms with Crippen molar-refractivity contribution in [3.8, 4) is 0 Å². The molecule has 1 rings (SSSR count). The standard InChI is InChI=1S/C5H10N4.ClH/c1-5(6)4-9-7-2-3-8-9;/h2-3,5H,4,6H2,1H3;1H/t5-;/m1./s1. The van der Waals surface area contributed by atoms with Crippen molar-refractivity contribution in [2.45, 2.75) is 19.5 Å². The number of hydrogen-bond acceptors (Lipinski definition) is 3. The Kier molecular flexibility index (Phi) is 3.99. The van der Waals surface area contributed by atoms with Gasteiger partial charge in [-0.1, -0.05) is 0 Å². The average Bonchev–Trinajstić information content (AvgIpc) is 2.15. The van der Waals surface area contributed by atoms with E-state index in [0.717, 1.165) is 0 Å². The number of hydrogen-bond donors (Lipinski definition) is 1. The third-order valence-corrected chi connectivity index (χ3v) is 0.918. The molecule has 0 aliphatic carbocycles. The van der Waals surface area contributed by atoms with Gasteiger partial charge in [-0.05, 0) is 6.92 Å². The van der Waals surface area contributed by atoms with E-state index in [0.29, 0.717) is 6.54 Å². The van der Waals surface area contributed by atoms with Gasteiger partial charge in [0.05, 0.1) is 18.9 Å². The summed E-state index contributed by atoms with van der Waals surface area (Å²) in [5.74, 6) is 0. The fraction of sp³-hybridized carbons (Fsp3) is 0.600. The van der Waals surface area contributed by atoms with Crippen LogP contribution in [0.25, 0.3) is 0 Å². The summed E-state index contributed by atoms with van der Waals surface area (Å²) in [4.78, 5) is 1.57. The van der Waals surface area contributed by atoms with Crippen molar-refractivity contribution in [3.05, 3.63) is 12.4 Å². The zero-order valence-electron chi connectivity index (χ0n) is 5.77. The zero-order valence-corrected chi connectivity index (χ0v) is 6.58. The summed E-state index contributed by atoms with van der Waals surface area (Å²) in [5.41, 5.74) is 5.48. The Morgan fingerprint density at radius 2 is 2.00 bits per heavy atom. The number of aromatic nitrogens is 3. The largest absolute Gasteiger partial charge is 0.326 e. The first kappa shape index (κ1) is 9.39. The summed E-state index contributed by atoms with van der Waals surface area (Å²) in [7, 11) is 0. The fourth-order valence-corrected chi connectivity index (χ4v) is 0.595. The van der Waals surface area contributed by atoms with E-state index in [1.165, 1.54) is 0 Å². The van der Waals surface area contributed by atoms with E-state index >= 15 is 0 Å². The van der Waals surface area contributed by atoms with E-state index in [2.05, 4.69) is 10.2 Å². The first-order valence-electron chi connectivity index (χ1n) is 2.88. The minimum atomic E-state index is 0. The summed E-state index contributed by atoms with van der Waals surface area (Å²) in [6.45, 7) is 2.61. The molecular formula is C5H11ClN4. The van der Waals surface area contributed by atoms with Gasteiger partial charge in [0.1, 0.15) is 0 Å². The van der Waals surface area contributed by atoms with E-state index < -0.39 is 0 Å². The van der Waals surface area contributed by atoms with Gasteiger partial charge in [-0.2, -0.15) is 15.0 Å². The SMILES string of the molecule is C[C@@H](N)Cn1nccn1.Cl. The molecule has 1 atom stereocenters. The van der Waals surface area contributed by atoms with Crippen molar-refractivity contribution in [1.82, 2.24) is 15.0 Å². The predicted octanol–water partition coefficient (Wildman–Crippen LogP) is 0.0471. The number of rotatable bonds is 2. The first-order chi connectivity index (χ1) is 4.29. The van der Waals surface area contributed by atoms with E-state index in [9.17, 15) is 0 Å². The molecule has 2 N–H and O–H groups in total. The Morgan fingerprint density at radius 1 is 1.50 bits per heavy atom. The Hall–Kier alpha value is -0.610. The molecule has 5 heteroatoms. The van der Waals surface area contributed by atoms with Crippen LogP contribution in [0.1, 0.15) is 6.92 Å². The molecular weight excluding hydrogens is 152 g/mol. The van der Waals surface area contributed by atoms with Crippen LogP contribution in [0.2, 0.25) is 0 Å². The molecule has 0 saturated heterocycles.